The molecule has 2 aromatic carbocycles. The molecule has 0 fully saturated rings. The van der Waals surface area contributed by atoms with E-state index < -0.39 is 0 Å². The molecule has 0 heterocycles. The van der Waals surface area contributed by atoms with E-state index in [2.05, 4.69) is 20.8 Å². The first kappa shape index (κ1) is 22.2. The molecule has 0 aliphatic carbocycles. The molecule has 1 amide bonds. The van der Waals surface area contributed by atoms with Crippen molar-refractivity contribution in [3.63, 3.8) is 0 Å². The van der Waals surface area contributed by atoms with Gasteiger partial charge in [0.25, 0.3) is 5.91 Å². The maximum atomic E-state index is 12.6. The lowest BCUT2D eigenvalue weighted by molar-refractivity contribution is 0.0827. The number of allylic oxidation sites excluding steroid dienone is 1. The van der Waals surface area contributed by atoms with E-state index >= 15 is 0 Å². The molecule has 2 aromatic rings. The van der Waals surface area contributed by atoms with Gasteiger partial charge in [-0.3, -0.25) is 9.59 Å². The van der Waals surface area contributed by atoms with Crippen molar-refractivity contribution in [2.45, 2.75) is 26.2 Å². The van der Waals surface area contributed by atoms with Crippen LogP contribution in [0.5, 0.6) is 11.5 Å². The van der Waals surface area contributed by atoms with Gasteiger partial charge in [-0.25, -0.2) is 0 Å². The molecule has 0 spiro atoms. The number of ketones is 1. The Labute approximate surface area is 172 Å². The number of hydrogen-bond acceptors (Lipinski definition) is 4. The second-order valence-electron chi connectivity index (χ2n) is 8.02. The van der Waals surface area contributed by atoms with Crippen molar-refractivity contribution in [3.8, 4) is 11.5 Å². The summed E-state index contributed by atoms with van der Waals surface area (Å²) in [7, 11) is 6.61. The summed E-state index contributed by atoms with van der Waals surface area (Å²) in [5.41, 5.74) is 2.76. The van der Waals surface area contributed by atoms with E-state index in [0.717, 1.165) is 16.9 Å². The number of hydrogen-bond donors (Lipinski definition) is 0. The molecule has 0 bridgehead atoms. The quantitative estimate of drug-likeness (QED) is 0.530. The van der Waals surface area contributed by atoms with Crippen LogP contribution in [0.15, 0.2) is 42.5 Å². The highest BCUT2D eigenvalue weighted by Crippen LogP contribution is 2.37. The zero-order valence-electron chi connectivity index (χ0n) is 18.2. The van der Waals surface area contributed by atoms with Crippen LogP contribution in [0.2, 0.25) is 0 Å². The van der Waals surface area contributed by atoms with Crippen LogP contribution in [0, 0.1) is 0 Å². The van der Waals surface area contributed by atoms with Crippen LogP contribution in [0.4, 0.5) is 0 Å². The Bertz CT molecular complexity index is 919. The van der Waals surface area contributed by atoms with Crippen molar-refractivity contribution in [1.29, 1.82) is 0 Å². The van der Waals surface area contributed by atoms with E-state index in [-0.39, 0.29) is 17.1 Å². The van der Waals surface area contributed by atoms with Gasteiger partial charge in [0, 0.05) is 42.4 Å². The number of benzene rings is 2. The van der Waals surface area contributed by atoms with Crippen LogP contribution in [0.3, 0.4) is 0 Å². The summed E-state index contributed by atoms with van der Waals surface area (Å²) in [5.74, 6) is 1.13. The average Bonchev–Trinajstić information content (AvgIpc) is 2.69. The topological polar surface area (TPSA) is 55.8 Å². The minimum Gasteiger partial charge on any atom is -0.496 e. The Morgan fingerprint density at radius 1 is 0.897 bits per heavy atom. The van der Waals surface area contributed by atoms with Crippen molar-refractivity contribution in [2.24, 2.45) is 0 Å². The summed E-state index contributed by atoms with van der Waals surface area (Å²) in [6.45, 7) is 6.31. The van der Waals surface area contributed by atoms with E-state index in [1.165, 1.54) is 11.0 Å². The van der Waals surface area contributed by atoms with Gasteiger partial charge in [0.2, 0.25) is 0 Å². The molecule has 0 saturated heterocycles. The summed E-state index contributed by atoms with van der Waals surface area (Å²) in [4.78, 5) is 26.1. The summed E-state index contributed by atoms with van der Waals surface area (Å²) in [6.07, 6.45) is 3.26. The molecule has 0 N–H and O–H groups in total. The SMILES string of the molecule is COc1cc(OC)c(C(C)(C)C)cc1C=CC(=O)c1ccc(C(=O)N(C)C)cc1. The van der Waals surface area contributed by atoms with Crippen LogP contribution in [-0.2, 0) is 5.41 Å². The van der Waals surface area contributed by atoms with Gasteiger partial charge in [0.05, 0.1) is 14.2 Å². The number of carbonyl (C=O) groups is 2. The standard InChI is InChI=1S/C24H29NO4/c1-24(2,3)19-14-18(21(28-6)15-22(19)29-7)12-13-20(26)16-8-10-17(11-9-16)23(27)25(4)5/h8-15H,1-7H3. The van der Waals surface area contributed by atoms with Gasteiger partial charge < -0.3 is 14.4 Å². The fourth-order valence-corrected chi connectivity index (χ4v) is 2.94. The minimum atomic E-state index is -0.149. The monoisotopic (exact) mass is 395 g/mol. The molecule has 0 saturated carbocycles. The fraction of sp³-hybridized carbons (Fsp3) is 0.333. The Balaban J connectivity index is 2.33. The lowest BCUT2D eigenvalue weighted by Gasteiger charge is -2.23. The highest BCUT2D eigenvalue weighted by molar-refractivity contribution is 6.07. The van der Waals surface area contributed by atoms with Crippen molar-refractivity contribution >= 4 is 17.8 Å². The second-order valence-corrected chi connectivity index (χ2v) is 8.02. The normalized spacial score (nSPS) is 11.4. The number of methoxy groups -OCH3 is 2. The van der Waals surface area contributed by atoms with E-state index in [0.29, 0.717) is 16.9 Å². The number of carbonyl (C=O) groups excluding carboxylic acids is 2. The van der Waals surface area contributed by atoms with Gasteiger partial charge in [0.1, 0.15) is 11.5 Å². The third-order valence-corrected chi connectivity index (χ3v) is 4.60. The molecule has 0 radical (unpaired) electrons. The van der Waals surface area contributed by atoms with E-state index in [1.54, 1.807) is 58.7 Å². The van der Waals surface area contributed by atoms with Gasteiger partial charge in [-0.05, 0) is 35.8 Å². The molecule has 154 valence electrons. The molecule has 0 atom stereocenters. The number of amides is 1. The zero-order valence-corrected chi connectivity index (χ0v) is 18.2. The number of rotatable bonds is 6. The molecule has 5 nitrogen and oxygen atoms in total. The third-order valence-electron chi connectivity index (χ3n) is 4.60. The maximum Gasteiger partial charge on any atom is 0.253 e. The van der Waals surface area contributed by atoms with E-state index in [4.69, 9.17) is 9.47 Å². The van der Waals surface area contributed by atoms with E-state index in [1.807, 2.05) is 12.1 Å². The summed E-state index contributed by atoms with van der Waals surface area (Å²) >= 11 is 0. The minimum absolute atomic E-state index is 0.0998. The highest BCUT2D eigenvalue weighted by atomic mass is 16.5. The largest absolute Gasteiger partial charge is 0.496 e. The predicted molar refractivity (Wildman–Crippen MR) is 116 cm³/mol. The Morgan fingerprint density at radius 3 is 1.93 bits per heavy atom. The van der Waals surface area contributed by atoms with Crippen LogP contribution < -0.4 is 9.47 Å². The molecule has 0 aliphatic heterocycles. The van der Waals surface area contributed by atoms with Crippen molar-refractivity contribution in [1.82, 2.24) is 4.90 Å². The lowest BCUT2D eigenvalue weighted by atomic mass is 9.85. The molecule has 29 heavy (non-hydrogen) atoms. The lowest BCUT2D eigenvalue weighted by Crippen LogP contribution is -2.21. The molecule has 0 aromatic heterocycles. The number of ether oxygens (including phenoxy) is 2. The van der Waals surface area contributed by atoms with Crippen LogP contribution in [0.1, 0.15) is 52.6 Å². The summed E-state index contributed by atoms with van der Waals surface area (Å²) in [5, 5.41) is 0. The van der Waals surface area contributed by atoms with Gasteiger partial charge in [-0.15, -0.1) is 0 Å². The summed E-state index contributed by atoms with van der Waals surface area (Å²) < 4.78 is 11.0. The molecular weight excluding hydrogens is 366 g/mol. The van der Waals surface area contributed by atoms with Crippen LogP contribution in [0.25, 0.3) is 6.08 Å². The Kier molecular flexibility index (Phi) is 6.85. The molecule has 5 heteroatoms. The number of nitrogens with zero attached hydrogens (tertiary/aromatic N) is 1. The first-order valence-corrected chi connectivity index (χ1v) is 9.39. The van der Waals surface area contributed by atoms with Gasteiger partial charge in [0.15, 0.2) is 5.78 Å². The van der Waals surface area contributed by atoms with Gasteiger partial charge in [-0.2, -0.15) is 0 Å². The molecule has 2 rings (SSSR count). The van der Waals surface area contributed by atoms with Crippen molar-refractivity contribution in [2.75, 3.05) is 28.3 Å². The highest BCUT2D eigenvalue weighted by Gasteiger charge is 2.21. The first-order valence-electron chi connectivity index (χ1n) is 9.39. The zero-order chi connectivity index (χ0) is 21.8. The van der Waals surface area contributed by atoms with Crippen LogP contribution >= 0.6 is 0 Å². The van der Waals surface area contributed by atoms with E-state index in [9.17, 15) is 9.59 Å². The molecular formula is C24H29NO4. The fourth-order valence-electron chi connectivity index (χ4n) is 2.94. The Hall–Kier alpha value is -3.08. The Morgan fingerprint density at radius 2 is 1.45 bits per heavy atom. The maximum absolute atomic E-state index is 12.6. The molecule has 0 aliphatic rings. The predicted octanol–water partition coefficient (Wildman–Crippen LogP) is 4.60. The van der Waals surface area contributed by atoms with Crippen LogP contribution in [-0.4, -0.2) is 44.9 Å². The van der Waals surface area contributed by atoms with Gasteiger partial charge in [-0.1, -0.05) is 32.9 Å². The van der Waals surface area contributed by atoms with Crippen molar-refractivity contribution < 1.29 is 19.1 Å². The average molecular weight is 395 g/mol. The summed E-state index contributed by atoms with van der Waals surface area (Å²) in [6, 6.07) is 10.5. The third kappa shape index (κ3) is 5.25. The molecule has 0 unspecified atom stereocenters. The van der Waals surface area contributed by atoms with Gasteiger partial charge >= 0.3 is 0 Å². The smallest absolute Gasteiger partial charge is 0.253 e. The first-order chi connectivity index (χ1) is 13.6. The second kappa shape index (κ2) is 8.95. The van der Waals surface area contributed by atoms with Crippen molar-refractivity contribution in [3.05, 3.63) is 64.7 Å².